The summed E-state index contributed by atoms with van der Waals surface area (Å²) >= 11 is 1.17. The molecule has 1 aromatic heterocycles. The standard InChI is InChI=1S/C12H20N2O2S2/c1-12(5-3-2-4-6-12)9-14-18(15,16)11-7-10(13)8-17-11/h7-8,14H,2-6,9,13H2,1H3. The summed E-state index contributed by atoms with van der Waals surface area (Å²) in [4.78, 5) is 0. The van der Waals surface area contributed by atoms with Crippen molar-refractivity contribution in [3.63, 3.8) is 0 Å². The molecule has 18 heavy (non-hydrogen) atoms. The van der Waals surface area contributed by atoms with Gasteiger partial charge in [-0.1, -0.05) is 26.2 Å². The molecule has 4 nitrogen and oxygen atoms in total. The molecule has 1 saturated carbocycles. The minimum atomic E-state index is -3.39. The SMILES string of the molecule is CC1(CNS(=O)(=O)c2cc(N)cs2)CCCCC1. The van der Waals surface area contributed by atoms with Gasteiger partial charge < -0.3 is 5.73 Å². The highest BCUT2D eigenvalue weighted by atomic mass is 32.2. The lowest BCUT2D eigenvalue weighted by atomic mass is 9.76. The lowest BCUT2D eigenvalue weighted by Gasteiger charge is -2.33. The molecule has 2 rings (SSSR count). The van der Waals surface area contributed by atoms with Crippen LogP contribution in [0.1, 0.15) is 39.0 Å². The number of anilines is 1. The first-order valence-electron chi connectivity index (χ1n) is 6.25. The summed E-state index contributed by atoms with van der Waals surface area (Å²) in [6.45, 7) is 2.69. The summed E-state index contributed by atoms with van der Waals surface area (Å²) in [6.07, 6.45) is 5.86. The zero-order valence-corrected chi connectivity index (χ0v) is 12.2. The summed E-state index contributed by atoms with van der Waals surface area (Å²) < 4.78 is 27.2. The number of hydrogen-bond acceptors (Lipinski definition) is 4. The quantitative estimate of drug-likeness (QED) is 0.894. The van der Waals surface area contributed by atoms with Gasteiger partial charge in [0.15, 0.2) is 0 Å². The van der Waals surface area contributed by atoms with E-state index in [0.29, 0.717) is 16.4 Å². The zero-order valence-electron chi connectivity index (χ0n) is 10.6. The van der Waals surface area contributed by atoms with Crippen LogP contribution in [0.2, 0.25) is 0 Å². The molecular weight excluding hydrogens is 268 g/mol. The molecule has 0 bridgehead atoms. The maximum Gasteiger partial charge on any atom is 0.250 e. The Morgan fingerprint density at radius 3 is 2.61 bits per heavy atom. The smallest absolute Gasteiger partial charge is 0.250 e. The number of rotatable bonds is 4. The molecule has 0 unspecified atom stereocenters. The van der Waals surface area contributed by atoms with Gasteiger partial charge in [0.25, 0.3) is 0 Å². The van der Waals surface area contributed by atoms with Crippen LogP contribution in [-0.2, 0) is 10.0 Å². The van der Waals surface area contributed by atoms with Crippen molar-refractivity contribution in [1.82, 2.24) is 4.72 Å². The predicted molar refractivity (Wildman–Crippen MR) is 75.1 cm³/mol. The molecule has 0 amide bonds. The Bertz CT molecular complexity index is 502. The average Bonchev–Trinajstić information content (AvgIpc) is 2.76. The molecule has 0 aromatic carbocycles. The number of nitrogens with one attached hydrogen (secondary N) is 1. The number of hydrogen-bond donors (Lipinski definition) is 2. The third-order valence-electron chi connectivity index (χ3n) is 3.61. The van der Waals surface area contributed by atoms with E-state index >= 15 is 0 Å². The van der Waals surface area contributed by atoms with Gasteiger partial charge in [-0.25, -0.2) is 13.1 Å². The largest absolute Gasteiger partial charge is 0.398 e. The van der Waals surface area contributed by atoms with Gasteiger partial charge in [-0.05, 0) is 24.3 Å². The molecule has 1 aliphatic carbocycles. The molecule has 0 saturated heterocycles. The molecule has 1 aliphatic rings. The van der Waals surface area contributed by atoms with Crippen LogP contribution in [0, 0.1) is 5.41 Å². The van der Waals surface area contributed by atoms with Gasteiger partial charge >= 0.3 is 0 Å². The topological polar surface area (TPSA) is 72.2 Å². The van der Waals surface area contributed by atoms with E-state index in [1.807, 2.05) is 0 Å². The second-order valence-electron chi connectivity index (χ2n) is 5.39. The number of sulfonamides is 1. The van der Waals surface area contributed by atoms with Gasteiger partial charge in [0.2, 0.25) is 10.0 Å². The lowest BCUT2D eigenvalue weighted by molar-refractivity contribution is 0.219. The summed E-state index contributed by atoms with van der Waals surface area (Å²) in [5, 5.41) is 1.65. The number of nitrogens with two attached hydrogens (primary N) is 1. The fraction of sp³-hybridized carbons (Fsp3) is 0.667. The third-order valence-corrected chi connectivity index (χ3v) is 6.47. The highest BCUT2D eigenvalue weighted by molar-refractivity contribution is 7.91. The average molecular weight is 288 g/mol. The van der Waals surface area contributed by atoms with E-state index in [1.54, 1.807) is 5.38 Å². The number of thiophene rings is 1. The Morgan fingerprint density at radius 2 is 2.06 bits per heavy atom. The summed E-state index contributed by atoms with van der Waals surface area (Å²) in [5.41, 5.74) is 6.17. The van der Waals surface area contributed by atoms with Crippen LogP contribution >= 0.6 is 11.3 Å². The molecule has 0 radical (unpaired) electrons. The van der Waals surface area contributed by atoms with Gasteiger partial charge in [-0.15, -0.1) is 11.3 Å². The van der Waals surface area contributed by atoms with E-state index in [1.165, 1.54) is 36.7 Å². The highest BCUT2D eigenvalue weighted by Gasteiger charge is 2.29. The first-order chi connectivity index (χ1) is 8.41. The van der Waals surface area contributed by atoms with Gasteiger partial charge in [-0.3, -0.25) is 0 Å². The molecule has 6 heteroatoms. The highest BCUT2D eigenvalue weighted by Crippen LogP contribution is 2.35. The van der Waals surface area contributed by atoms with Crippen molar-refractivity contribution in [2.75, 3.05) is 12.3 Å². The third kappa shape index (κ3) is 3.24. The fourth-order valence-electron chi connectivity index (χ4n) is 2.39. The lowest BCUT2D eigenvalue weighted by Crippen LogP contribution is -2.36. The zero-order chi connectivity index (χ0) is 13.2. The fourth-order valence-corrected chi connectivity index (χ4v) is 4.72. The Balaban J connectivity index is 2.01. The van der Waals surface area contributed by atoms with Crippen molar-refractivity contribution in [2.24, 2.45) is 5.41 Å². The summed E-state index contributed by atoms with van der Waals surface area (Å²) in [7, 11) is -3.39. The first-order valence-corrected chi connectivity index (χ1v) is 8.61. The van der Waals surface area contributed by atoms with Gasteiger partial charge in [0, 0.05) is 17.6 Å². The van der Waals surface area contributed by atoms with E-state index in [2.05, 4.69) is 11.6 Å². The van der Waals surface area contributed by atoms with Crippen molar-refractivity contribution in [2.45, 2.75) is 43.2 Å². The van der Waals surface area contributed by atoms with E-state index in [4.69, 9.17) is 5.73 Å². The summed E-state index contributed by atoms with van der Waals surface area (Å²) in [5.74, 6) is 0. The minimum Gasteiger partial charge on any atom is -0.398 e. The maximum absolute atomic E-state index is 12.1. The molecule has 0 aliphatic heterocycles. The first kappa shape index (κ1) is 13.8. The molecular formula is C12H20N2O2S2. The van der Waals surface area contributed by atoms with E-state index < -0.39 is 10.0 Å². The van der Waals surface area contributed by atoms with E-state index in [0.717, 1.165) is 12.8 Å². The van der Waals surface area contributed by atoms with Gasteiger partial charge in [0.1, 0.15) is 4.21 Å². The monoisotopic (exact) mass is 288 g/mol. The van der Waals surface area contributed by atoms with Crippen molar-refractivity contribution in [3.05, 3.63) is 11.4 Å². The Morgan fingerprint density at radius 1 is 1.39 bits per heavy atom. The molecule has 1 aromatic rings. The maximum atomic E-state index is 12.1. The van der Waals surface area contributed by atoms with Crippen LogP contribution in [0.25, 0.3) is 0 Å². The minimum absolute atomic E-state index is 0.105. The predicted octanol–water partition coefficient (Wildman–Crippen LogP) is 2.58. The molecule has 1 heterocycles. The molecule has 1 fully saturated rings. The van der Waals surface area contributed by atoms with Crippen LogP contribution in [0.15, 0.2) is 15.7 Å². The van der Waals surface area contributed by atoms with E-state index in [9.17, 15) is 8.42 Å². The summed E-state index contributed by atoms with van der Waals surface area (Å²) in [6, 6.07) is 1.51. The molecule has 0 atom stereocenters. The van der Waals surface area contributed by atoms with Crippen LogP contribution in [-0.4, -0.2) is 15.0 Å². The van der Waals surface area contributed by atoms with Crippen molar-refractivity contribution >= 4 is 27.0 Å². The Labute approximate surface area is 113 Å². The van der Waals surface area contributed by atoms with Crippen LogP contribution in [0.4, 0.5) is 5.69 Å². The van der Waals surface area contributed by atoms with Gasteiger partial charge in [0.05, 0.1) is 0 Å². The van der Waals surface area contributed by atoms with Gasteiger partial charge in [-0.2, -0.15) is 0 Å². The molecule has 3 N–H and O–H groups in total. The second kappa shape index (κ2) is 5.19. The van der Waals surface area contributed by atoms with Crippen molar-refractivity contribution < 1.29 is 8.42 Å². The van der Waals surface area contributed by atoms with Crippen LogP contribution in [0.5, 0.6) is 0 Å². The van der Waals surface area contributed by atoms with E-state index in [-0.39, 0.29) is 5.41 Å². The molecule has 102 valence electrons. The Hall–Kier alpha value is -0.590. The second-order valence-corrected chi connectivity index (χ2v) is 8.30. The van der Waals surface area contributed by atoms with Crippen LogP contribution < -0.4 is 10.5 Å². The number of nitrogen functional groups attached to an aromatic ring is 1. The normalized spacial score (nSPS) is 19.8. The van der Waals surface area contributed by atoms with Crippen molar-refractivity contribution in [1.29, 1.82) is 0 Å². The van der Waals surface area contributed by atoms with Crippen molar-refractivity contribution in [3.8, 4) is 0 Å². The Kier molecular flexibility index (Phi) is 3.99. The van der Waals surface area contributed by atoms with Crippen LogP contribution in [0.3, 0.4) is 0 Å². The molecule has 0 spiro atoms.